The van der Waals surface area contributed by atoms with Gasteiger partial charge in [-0.1, -0.05) is 32.0 Å². The van der Waals surface area contributed by atoms with Gasteiger partial charge in [0, 0.05) is 44.3 Å². The third-order valence-electron chi connectivity index (χ3n) is 4.50. The summed E-state index contributed by atoms with van der Waals surface area (Å²) < 4.78 is 0. The molecule has 1 aliphatic rings. The van der Waals surface area contributed by atoms with Crippen molar-refractivity contribution in [1.29, 1.82) is 0 Å². The molecule has 1 unspecified atom stereocenters. The molecule has 0 radical (unpaired) electrons. The number of amides is 2. The molecule has 1 atom stereocenters. The third kappa shape index (κ3) is 6.76. The Morgan fingerprint density at radius 3 is 2.35 bits per heavy atom. The quantitative estimate of drug-likeness (QED) is 0.756. The molecule has 2 rings (SSSR count). The van der Waals surface area contributed by atoms with Crippen molar-refractivity contribution < 1.29 is 9.59 Å². The lowest BCUT2D eigenvalue weighted by Crippen LogP contribution is -2.52. The summed E-state index contributed by atoms with van der Waals surface area (Å²) in [5.41, 5.74) is 7.58. The largest absolute Gasteiger partial charge is 0.340 e. The minimum absolute atomic E-state index is 0. The number of carbonyl (C=O) groups excluding carboxylic acids is 2. The SMILES string of the molecule is CCc1ccccc1NC(=O)CN1CCN(C(=O)C(C)CN)CC1.Cl.Cl. The van der Waals surface area contributed by atoms with Crippen LogP contribution >= 0.6 is 24.8 Å². The molecule has 6 nitrogen and oxygen atoms in total. The second-order valence-electron chi connectivity index (χ2n) is 6.30. The number of carbonyl (C=O) groups is 2. The molecule has 0 bridgehead atoms. The first-order valence-electron chi connectivity index (χ1n) is 8.64. The van der Waals surface area contributed by atoms with E-state index in [4.69, 9.17) is 5.73 Å². The molecule has 8 heteroatoms. The Kier molecular flexibility index (Phi) is 11.5. The van der Waals surface area contributed by atoms with Crippen molar-refractivity contribution in [3.63, 3.8) is 0 Å². The van der Waals surface area contributed by atoms with E-state index < -0.39 is 0 Å². The monoisotopic (exact) mass is 404 g/mol. The fraction of sp³-hybridized carbons (Fsp3) is 0.556. The van der Waals surface area contributed by atoms with Gasteiger partial charge in [0.15, 0.2) is 0 Å². The van der Waals surface area contributed by atoms with Crippen molar-refractivity contribution in [3.8, 4) is 0 Å². The highest BCUT2D eigenvalue weighted by molar-refractivity contribution is 5.93. The number of para-hydroxylation sites is 1. The van der Waals surface area contributed by atoms with Crippen LogP contribution in [0.2, 0.25) is 0 Å². The molecule has 1 heterocycles. The molecule has 1 aromatic rings. The molecule has 0 aliphatic carbocycles. The van der Waals surface area contributed by atoms with Gasteiger partial charge in [-0.05, 0) is 18.1 Å². The number of aryl methyl sites for hydroxylation is 1. The Balaban J connectivity index is 0.00000312. The van der Waals surface area contributed by atoms with Gasteiger partial charge < -0.3 is 16.0 Å². The summed E-state index contributed by atoms with van der Waals surface area (Å²) in [6.45, 7) is 7.39. The van der Waals surface area contributed by atoms with Crippen LogP contribution in [0.4, 0.5) is 5.69 Å². The zero-order chi connectivity index (χ0) is 17.5. The Labute approximate surface area is 168 Å². The molecule has 1 aliphatic heterocycles. The summed E-state index contributed by atoms with van der Waals surface area (Å²) in [7, 11) is 0. The highest BCUT2D eigenvalue weighted by Gasteiger charge is 2.25. The normalized spacial score (nSPS) is 15.4. The van der Waals surface area contributed by atoms with Gasteiger partial charge in [-0.2, -0.15) is 0 Å². The lowest BCUT2D eigenvalue weighted by Gasteiger charge is -2.35. The first-order chi connectivity index (χ1) is 11.5. The van der Waals surface area contributed by atoms with Crippen LogP contribution < -0.4 is 11.1 Å². The van der Waals surface area contributed by atoms with Gasteiger partial charge >= 0.3 is 0 Å². The smallest absolute Gasteiger partial charge is 0.238 e. The van der Waals surface area contributed by atoms with Gasteiger partial charge in [0.05, 0.1) is 6.54 Å². The standard InChI is InChI=1S/C18H28N4O2.2ClH/c1-3-15-6-4-5-7-16(15)20-17(23)13-21-8-10-22(11-9-21)18(24)14(2)12-19;;/h4-7,14H,3,8-13,19H2,1-2H3,(H,20,23);2*1H. The Bertz CT molecular complexity index is 578. The minimum Gasteiger partial charge on any atom is -0.340 e. The maximum Gasteiger partial charge on any atom is 0.238 e. The van der Waals surface area contributed by atoms with Gasteiger partial charge in [0.1, 0.15) is 0 Å². The number of hydrogen-bond donors (Lipinski definition) is 2. The lowest BCUT2D eigenvalue weighted by atomic mass is 10.1. The minimum atomic E-state index is -0.134. The maximum atomic E-state index is 12.3. The molecule has 148 valence electrons. The van der Waals surface area contributed by atoms with E-state index in [1.165, 1.54) is 0 Å². The Morgan fingerprint density at radius 2 is 1.77 bits per heavy atom. The summed E-state index contributed by atoms with van der Waals surface area (Å²) in [5.74, 6) is -0.0325. The van der Waals surface area contributed by atoms with Crippen LogP contribution in [0.5, 0.6) is 0 Å². The molecular formula is C18H30Cl2N4O2. The van der Waals surface area contributed by atoms with E-state index in [1.807, 2.05) is 36.1 Å². The highest BCUT2D eigenvalue weighted by Crippen LogP contribution is 2.15. The third-order valence-corrected chi connectivity index (χ3v) is 4.50. The number of halogens is 2. The molecule has 0 spiro atoms. The number of nitrogens with two attached hydrogens (primary N) is 1. The Morgan fingerprint density at radius 1 is 1.15 bits per heavy atom. The predicted octanol–water partition coefficient (Wildman–Crippen LogP) is 1.77. The first kappa shape index (κ1) is 24.7. The second kappa shape index (κ2) is 12.1. The molecule has 2 amide bonds. The van der Waals surface area contributed by atoms with Crippen LogP contribution in [-0.2, 0) is 16.0 Å². The number of piperazine rings is 1. The van der Waals surface area contributed by atoms with Crippen molar-refractivity contribution in [1.82, 2.24) is 9.80 Å². The molecule has 1 saturated heterocycles. The van der Waals surface area contributed by atoms with E-state index in [-0.39, 0.29) is 42.5 Å². The zero-order valence-electron chi connectivity index (χ0n) is 15.4. The summed E-state index contributed by atoms with van der Waals surface area (Å²) in [4.78, 5) is 28.3. The fourth-order valence-corrected chi connectivity index (χ4v) is 2.88. The van der Waals surface area contributed by atoms with Crippen LogP contribution in [0, 0.1) is 5.92 Å². The molecule has 0 aromatic heterocycles. The number of anilines is 1. The molecular weight excluding hydrogens is 375 g/mol. The van der Waals surface area contributed by atoms with E-state index in [9.17, 15) is 9.59 Å². The van der Waals surface area contributed by atoms with E-state index in [2.05, 4.69) is 17.1 Å². The molecule has 1 fully saturated rings. The van der Waals surface area contributed by atoms with Crippen LogP contribution in [0.25, 0.3) is 0 Å². The topological polar surface area (TPSA) is 78.7 Å². The molecule has 26 heavy (non-hydrogen) atoms. The lowest BCUT2D eigenvalue weighted by molar-refractivity contribution is -0.136. The van der Waals surface area contributed by atoms with Gasteiger partial charge in [0.25, 0.3) is 0 Å². The number of nitrogens with one attached hydrogen (secondary N) is 1. The van der Waals surface area contributed by atoms with E-state index in [0.29, 0.717) is 39.3 Å². The molecule has 0 saturated carbocycles. The molecule has 3 N–H and O–H groups in total. The summed E-state index contributed by atoms with van der Waals surface area (Å²) in [5, 5.41) is 2.99. The van der Waals surface area contributed by atoms with Crippen molar-refractivity contribution in [3.05, 3.63) is 29.8 Å². The van der Waals surface area contributed by atoms with E-state index in [1.54, 1.807) is 0 Å². The predicted molar refractivity (Wildman–Crippen MR) is 110 cm³/mol. The van der Waals surface area contributed by atoms with Crippen LogP contribution in [0.15, 0.2) is 24.3 Å². The molecule has 1 aromatic carbocycles. The average Bonchev–Trinajstić information content (AvgIpc) is 2.61. The van der Waals surface area contributed by atoms with Gasteiger partial charge in [0.2, 0.25) is 11.8 Å². The van der Waals surface area contributed by atoms with Gasteiger partial charge in [-0.25, -0.2) is 0 Å². The van der Waals surface area contributed by atoms with Crippen molar-refractivity contribution in [2.24, 2.45) is 11.7 Å². The van der Waals surface area contributed by atoms with Gasteiger partial charge in [-0.3, -0.25) is 14.5 Å². The number of benzene rings is 1. The zero-order valence-corrected chi connectivity index (χ0v) is 17.1. The average molecular weight is 405 g/mol. The van der Waals surface area contributed by atoms with E-state index >= 15 is 0 Å². The van der Waals surface area contributed by atoms with Crippen molar-refractivity contribution >= 4 is 42.3 Å². The number of nitrogens with zero attached hydrogens (tertiary/aromatic N) is 2. The van der Waals surface area contributed by atoms with Crippen LogP contribution in [0.1, 0.15) is 19.4 Å². The van der Waals surface area contributed by atoms with Crippen LogP contribution in [0.3, 0.4) is 0 Å². The fourth-order valence-electron chi connectivity index (χ4n) is 2.88. The first-order valence-corrected chi connectivity index (χ1v) is 8.64. The van der Waals surface area contributed by atoms with Crippen molar-refractivity contribution in [2.75, 3.05) is 44.6 Å². The summed E-state index contributed by atoms with van der Waals surface area (Å²) in [6, 6.07) is 7.87. The highest BCUT2D eigenvalue weighted by atomic mass is 35.5. The Hall–Kier alpha value is -1.34. The summed E-state index contributed by atoms with van der Waals surface area (Å²) >= 11 is 0. The van der Waals surface area contributed by atoms with Crippen LogP contribution in [-0.4, -0.2) is 60.9 Å². The maximum absolute atomic E-state index is 12.3. The summed E-state index contributed by atoms with van der Waals surface area (Å²) in [6.07, 6.45) is 0.885. The number of hydrogen-bond acceptors (Lipinski definition) is 4. The van der Waals surface area contributed by atoms with E-state index in [0.717, 1.165) is 17.7 Å². The van der Waals surface area contributed by atoms with Crippen molar-refractivity contribution in [2.45, 2.75) is 20.3 Å². The number of rotatable bonds is 6. The second-order valence-corrected chi connectivity index (χ2v) is 6.30. The van der Waals surface area contributed by atoms with Gasteiger partial charge in [-0.15, -0.1) is 24.8 Å².